The van der Waals surface area contributed by atoms with E-state index in [-0.39, 0.29) is 11.9 Å². The van der Waals surface area contributed by atoms with Gasteiger partial charge in [0.05, 0.1) is 6.04 Å². The summed E-state index contributed by atoms with van der Waals surface area (Å²) in [5.74, 6) is -0.0253. The summed E-state index contributed by atoms with van der Waals surface area (Å²) < 4.78 is 0. The van der Waals surface area contributed by atoms with Gasteiger partial charge in [-0.1, -0.05) is 24.3 Å². The van der Waals surface area contributed by atoms with Gasteiger partial charge in [0.15, 0.2) is 0 Å². The third kappa shape index (κ3) is 3.00. The monoisotopic (exact) mass is 243 g/mol. The molecule has 1 unspecified atom stereocenters. The Balaban J connectivity index is 2.10. The van der Waals surface area contributed by atoms with Crippen LogP contribution in [0.4, 0.5) is 0 Å². The molecule has 2 heteroatoms. The summed E-state index contributed by atoms with van der Waals surface area (Å²) >= 11 is 0. The standard InChI is InChI=1S/C16H21NO/c1-3-6-16(18)17-12(2)14-10-9-13-7-4-5-8-15(13)11-14/h3,6,9-12H,4-5,7-8H2,1-2H3,(H,17,18). The Labute approximate surface area is 109 Å². The SMILES string of the molecule is CC=CC(=O)NC(C)c1ccc2c(c1)CCCC2. The Morgan fingerprint density at radius 1 is 1.28 bits per heavy atom. The van der Waals surface area contributed by atoms with Gasteiger partial charge >= 0.3 is 0 Å². The van der Waals surface area contributed by atoms with Crippen LogP contribution in [0.5, 0.6) is 0 Å². The van der Waals surface area contributed by atoms with Crippen molar-refractivity contribution in [1.29, 1.82) is 0 Å². The Hall–Kier alpha value is -1.57. The first-order valence-electron chi connectivity index (χ1n) is 6.75. The number of hydrogen-bond acceptors (Lipinski definition) is 1. The molecule has 1 N–H and O–H groups in total. The molecular formula is C16H21NO. The van der Waals surface area contributed by atoms with Gasteiger partial charge in [-0.25, -0.2) is 0 Å². The van der Waals surface area contributed by atoms with Crippen molar-refractivity contribution in [3.8, 4) is 0 Å². The lowest BCUT2D eigenvalue weighted by molar-refractivity contribution is -0.117. The van der Waals surface area contributed by atoms with Crippen LogP contribution in [-0.2, 0) is 17.6 Å². The fourth-order valence-corrected chi connectivity index (χ4v) is 2.52. The molecule has 0 fully saturated rings. The summed E-state index contributed by atoms with van der Waals surface area (Å²) in [4.78, 5) is 11.5. The Bertz CT molecular complexity index is 462. The van der Waals surface area contributed by atoms with Gasteiger partial charge in [-0.3, -0.25) is 4.79 Å². The van der Waals surface area contributed by atoms with Crippen LogP contribution in [-0.4, -0.2) is 5.91 Å². The van der Waals surface area contributed by atoms with E-state index in [2.05, 4.69) is 23.5 Å². The molecule has 18 heavy (non-hydrogen) atoms. The number of nitrogens with one attached hydrogen (secondary N) is 1. The normalized spacial score (nSPS) is 16.3. The zero-order chi connectivity index (χ0) is 13.0. The van der Waals surface area contributed by atoms with Gasteiger partial charge in [0.2, 0.25) is 5.91 Å². The van der Waals surface area contributed by atoms with E-state index in [0.717, 1.165) is 0 Å². The lowest BCUT2D eigenvalue weighted by Crippen LogP contribution is -2.24. The van der Waals surface area contributed by atoms with E-state index in [0.29, 0.717) is 0 Å². The molecule has 0 aliphatic heterocycles. The van der Waals surface area contributed by atoms with Crippen molar-refractivity contribution >= 4 is 5.91 Å². The molecule has 1 atom stereocenters. The molecule has 96 valence electrons. The van der Waals surface area contributed by atoms with Crippen molar-refractivity contribution in [3.05, 3.63) is 47.0 Å². The van der Waals surface area contributed by atoms with Crippen molar-refractivity contribution in [3.63, 3.8) is 0 Å². The highest BCUT2D eigenvalue weighted by atomic mass is 16.1. The van der Waals surface area contributed by atoms with Crippen molar-refractivity contribution in [1.82, 2.24) is 5.32 Å². The van der Waals surface area contributed by atoms with Gasteiger partial charge in [-0.15, -0.1) is 0 Å². The minimum absolute atomic E-state index is 0.0253. The maximum Gasteiger partial charge on any atom is 0.244 e. The van der Waals surface area contributed by atoms with Crippen LogP contribution in [0.25, 0.3) is 0 Å². The van der Waals surface area contributed by atoms with Gasteiger partial charge in [0, 0.05) is 0 Å². The number of carbonyl (C=O) groups excluding carboxylic acids is 1. The zero-order valence-corrected chi connectivity index (χ0v) is 11.2. The first-order valence-corrected chi connectivity index (χ1v) is 6.75. The average molecular weight is 243 g/mol. The summed E-state index contributed by atoms with van der Waals surface area (Å²) in [7, 11) is 0. The highest BCUT2D eigenvalue weighted by Gasteiger charge is 2.13. The Morgan fingerprint density at radius 3 is 2.72 bits per heavy atom. The molecule has 2 nitrogen and oxygen atoms in total. The number of rotatable bonds is 3. The van der Waals surface area contributed by atoms with Crippen LogP contribution in [0, 0.1) is 0 Å². The van der Waals surface area contributed by atoms with Crippen molar-refractivity contribution in [2.75, 3.05) is 0 Å². The largest absolute Gasteiger partial charge is 0.346 e. The van der Waals surface area contributed by atoms with E-state index in [9.17, 15) is 4.79 Å². The molecule has 1 aromatic carbocycles. The molecule has 0 bridgehead atoms. The van der Waals surface area contributed by atoms with Gasteiger partial charge in [0.25, 0.3) is 0 Å². The summed E-state index contributed by atoms with van der Waals surface area (Å²) in [6.07, 6.45) is 8.30. The lowest BCUT2D eigenvalue weighted by Gasteiger charge is -2.19. The second-order valence-corrected chi connectivity index (χ2v) is 4.97. The number of fused-ring (bicyclic) bond motifs is 1. The molecule has 1 aliphatic carbocycles. The molecule has 1 aromatic rings. The quantitative estimate of drug-likeness (QED) is 0.811. The van der Waals surface area contributed by atoms with Crippen LogP contribution in [0.15, 0.2) is 30.4 Å². The van der Waals surface area contributed by atoms with Crippen LogP contribution >= 0.6 is 0 Å². The summed E-state index contributed by atoms with van der Waals surface area (Å²) in [5, 5.41) is 2.98. The van der Waals surface area contributed by atoms with Crippen molar-refractivity contribution < 1.29 is 4.79 Å². The minimum Gasteiger partial charge on any atom is -0.346 e. The van der Waals surface area contributed by atoms with E-state index in [1.54, 1.807) is 12.2 Å². The topological polar surface area (TPSA) is 29.1 Å². The molecular weight excluding hydrogens is 222 g/mol. The Morgan fingerprint density at radius 2 is 2.00 bits per heavy atom. The molecule has 1 aliphatic rings. The average Bonchev–Trinajstić information content (AvgIpc) is 2.38. The van der Waals surface area contributed by atoms with Crippen LogP contribution in [0.2, 0.25) is 0 Å². The Kier molecular flexibility index (Phi) is 4.19. The molecule has 2 rings (SSSR count). The first kappa shape index (κ1) is 12.9. The number of carbonyl (C=O) groups is 1. The van der Waals surface area contributed by atoms with E-state index in [1.165, 1.54) is 42.4 Å². The van der Waals surface area contributed by atoms with E-state index >= 15 is 0 Å². The molecule has 0 saturated carbocycles. The van der Waals surface area contributed by atoms with E-state index < -0.39 is 0 Å². The highest BCUT2D eigenvalue weighted by Crippen LogP contribution is 2.24. The molecule has 0 aromatic heterocycles. The highest BCUT2D eigenvalue weighted by molar-refractivity contribution is 5.87. The van der Waals surface area contributed by atoms with E-state index in [4.69, 9.17) is 0 Å². The fraction of sp³-hybridized carbons (Fsp3) is 0.438. The minimum atomic E-state index is -0.0253. The molecule has 0 heterocycles. The maximum absolute atomic E-state index is 11.5. The predicted octanol–water partition coefficient (Wildman–Crippen LogP) is 3.32. The van der Waals surface area contributed by atoms with E-state index in [1.807, 2.05) is 13.8 Å². The van der Waals surface area contributed by atoms with Crippen molar-refractivity contribution in [2.45, 2.75) is 45.6 Å². The number of aryl methyl sites for hydroxylation is 2. The second-order valence-electron chi connectivity index (χ2n) is 4.97. The summed E-state index contributed by atoms with van der Waals surface area (Å²) in [5.41, 5.74) is 4.15. The number of benzene rings is 1. The van der Waals surface area contributed by atoms with Gasteiger partial charge in [-0.2, -0.15) is 0 Å². The van der Waals surface area contributed by atoms with Gasteiger partial charge in [0.1, 0.15) is 0 Å². The van der Waals surface area contributed by atoms with Gasteiger partial charge < -0.3 is 5.32 Å². The number of hydrogen-bond donors (Lipinski definition) is 1. The molecule has 1 amide bonds. The summed E-state index contributed by atoms with van der Waals surface area (Å²) in [6.45, 7) is 3.88. The number of allylic oxidation sites excluding steroid dienone is 1. The van der Waals surface area contributed by atoms with Crippen LogP contribution < -0.4 is 5.32 Å². The smallest absolute Gasteiger partial charge is 0.244 e. The maximum atomic E-state index is 11.5. The van der Waals surface area contributed by atoms with Crippen LogP contribution in [0.3, 0.4) is 0 Å². The first-order chi connectivity index (χ1) is 8.70. The molecule has 0 radical (unpaired) electrons. The van der Waals surface area contributed by atoms with Crippen molar-refractivity contribution in [2.24, 2.45) is 0 Å². The summed E-state index contributed by atoms with van der Waals surface area (Å²) in [6, 6.07) is 6.70. The molecule has 0 saturated heterocycles. The lowest BCUT2D eigenvalue weighted by atomic mass is 9.89. The predicted molar refractivity (Wildman–Crippen MR) is 74.5 cm³/mol. The van der Waals surface area contributed by atoms with Crippen LogP contribution in [0.1, 0.15) is 49.4 Å². The second kappa shape index (κ2) is 5.85. The third-order valence-electron chi connectivity index (χ3n) is 3.55. The third-order valence-corrected chi connectivity index (χ3v) is 3.55. The number of amides is 1. The molecule has 0 spiro atoms. The zero-order valence-electron chi connectivity index (χ0n) is 11.2. The van der Waals surface area contributed by atoms with Gasteiger partial charge in [-0.05, 0) is 62.3 Å². The fourth-order valence-electron chi connectivity index (χ4n) is 2.52.